The van der Waals surface area contributed by atoms with Crippen LogP contribution in [0.1, 0.15) is 53.9 Å². The second-order valence-corrected chi connectivity index (χ2v) is 6.84. The molecule has 2 unspecified atom stereocenters. The number of aliphatic carboxylic acids is 1. The van der Waals surface area contributed by atoms with Crippen LogP contribution in [0.4, 0.5) is 0 Å². The molecule has 1 rings (SSSR count). The summed E-state index contributed by atoms with van der Waals surface area (Å²) >= 11 is 0. The van der Waals surface area contributed by atoms with Gasteiger partial charge >= 0.3 is 5.97 Å². The van der Waals surface area contributed by atoms with E-state index in [-0.39, 0.29) is 5.92 Å². The maximum absolute atomic E-state index is 11.4. The van der Waals surface area contributed by atoms with Crippen LogP contribution in [-0.2, 0) is 4.79 Å². The van der Waals surface area contributed by atoms with Crippen LogP contribution in [0.15, 0.2) is 0 Å². The van der Waals surface area contributed by atoms with Crippen molar-refractivity contribution in [3.63, 3.8) is 0 Å². The fourth-order valence-corrected chi connectivity index (χ4v) is 3.00. The normalized spacial score (nSPS) is 24.2. The number of rotatable bonds is 5. The number of carboxylic acid groups (broad SMARTS) is 1. The summed E-state index contributed by atoms with van der Waals surface area (Å²) in [6.07, 6.45) is 3.37. The molecule has 0 aromatic carbocycles. The van der Waals surface area contributed by atoms with Gasteiger partial charge in [-0.25, -0.2) is 0 Å². The molecule has 0 aliphatic carbocycles. The van der Waals surface area contributed by atoms with Crippen molar-refractivity contribution in [1.29, 1.82) is 0 Å². The van der Waals surface area contributed by atoms with E-state index in [0.29, 0.717) is 12.0 Å². The van der Waals surface area contributed by atoms with Crippen molar-refractivity contribution in [2.75, 3.05) is 13.1 Å². The van der Waals surface area contributed by atoms with Gasteiger partial charge in [0.05, 0.1) is 5.41 Å². The lowest BCUT2D eigenvalue weighted by Gasteiger charge is -2.42. The van der Waals surface area contributed by atoms with Gasteiger partial charge in [-0.3, -0.25) is 4.79 Å². The van der Waals surface area contributed by atoms with Crippen molar-refractivity contribution in [1.82, 2.24) is 4.90 Å². The summed E-state index contributed by atoms with van der Waals surface area (Å²) in [5.74, 6) is 0.317. The first-order chi connectivity index (χ1) is 8.25. The topological polar surface area (TPSA) is 40.5 Å². The Morgan fingerprint density at radius 3 is 2.50 bits per heavy atom. The summed E-state index contributed by atoms with van der Waals surface area (Å²) in [4.78, 5) is 13.8. The Hall–Kier alpha value is -0.570. The van der Waals surface area contributed by atoms with E-state index < -0.39 is 11.4 Å². The van der Waals surface area contributed by atoms with E-state index in [1.807, 2.05) is 13.8 Å². The molecule has 0 radical (unpaired) electrons. The zero-order valence-electron chi connectivity index (χ0n) is 12.6. The highest BCUT2D eigenvalue weighted by atomic mass is 16.4. The van der Waals surface area contributed by atoms with E-state index in [1.54, 1.807) is 0 Å². The van der Waals surface area contributed by atoms with E-state index in [0.717, 1.165) is 25.9 Å². The van der Waals surface area contributed by atoms with E-state index in [9.17, 15) is 9.90 Å². The molecule has 2 atom stereocenters. The van der Waals surface area contributed by atoms with E-state index in [2.05, 4.69) is 25.7 Å². The molecule has 18 heavy (non-hydrogen) atoms. The minimum Gasteiger partial charge on any atom is -0.481 e. The second-order valence-electron chi connectivity index (χ2n) is 6.84. The molecule has 0 amide bonds. The molecule has 1 aliphatic rings. The van der Waals surface area contributed by atoms with Crippen LogP contribution in [0.5, 0.6) is 0 Å². The summed E-state index contributed by atoms with van der Waals surface area (Å²) in [5, 5.41) is 9.35. The zero-order chi connectivity index (χ0) is 13.9. The van der Waals surface area contributed by atoms with Gasteiger partial charge in [0.1, 0.15) is 0 Å². The molecule has 1 fully saturated rings. The molecule has 3 heteroatoms. The largest absolute Gasteiger partial charge is 0.481 e. The van der Waals surface area contributed by atoms with Crippen LogP contribution in [0.25, 0.3) is 0 Å². The van der Waals surface area contributed by atoms with Crippen LogP contribution >= 0.6 is 0 Å². The highest BCUT2D eigenvalue weighted by Crippen LogP contribution is 2.35. The van der Waals surface area contributed by atoms with E-state index in [1.165, 1.54) is 6.42 Å². The Labute approximate surface area is 112 Å². The first-order valence-electron chi connectivity index (χ1n) is 7.22. The number of hydrogen-bond acceptors (Lipinski definition) is 2. The van der Waals surface area contributed by atoms with Gasteiger partial charge in [-0.1, -0.05) is 13.8 Å². The van der Waals surface area contributed by atoms with Gasteiger partial charge in [0.25, 0.3) is 0 Å². The lowest BCUT2D eigenvalue weighted by atomic mass is 9.74. The standard InChI is InChI=1S/C15H29NO2/c1-11(2)9-12(3)16-8-6-7-13(10-16)15(4,5)14(17)18/h11-13H,6-10H2,1-5H3,(H,17,18). The van der Waals surface area contributed by atoms with Gasteiger partial charge in [0.2, 0.25) is 0 Å². The molecule has 0 bridgehead atoms. The third kappa shape index (κ3) is 3.71. The highest BCUT2D eigenvalue weighted by Gasteiger charge is 2.39. The van der Waals surface area contributed by atoms with Crippen LogP contribution in [0, 0.1) is 17.3 Å². The number of carboxylic acids is 1. The molecule has 0 aromatic rings. The van der Waals surface area contributed by atoms with E-state index in [4.69, 9.17) is 0 Å². The van der Waals surface area contributed by atoms with Crippen LogP contribution < -0.4 is 0 Å². The van der Waals surface area contributed by atoms with Crippen molar-refractivity contribution < 1.29 is 9.90 Å². The number of hydrogen-bond donors (Lipinski definition) is 1. The lowest BCUT2D eigenvalue weighted by molar-refractivity contribution is -0.151. The SMILES string of the molecule is CC(C)CC(C)N1CCCC(C(C)(C)C(=O)O)C1. The minimum atomic E-state index is -0.661. The Kier molecular flexibility index (Phi) is 5.20. The number of carbonyl (C=O) groups is 1. The summed E-state index contributed by atoms with van der Waals surface area (Å²) < 4.78 is 0. The molecule has 0 saturated carbocycles. The van der Waals surface area contributed by atoms with Crippen molar-refractivity contribution in [3.8, 4) is 0 Å². The smallest absolute Gasteiger partial charge is 0.309 e. The fraction of sp³-hybridized carbons (Fsp3) is 0.933. The maximum Gasteiger partial charge on any atom is 0.309 e. The number of likely N-dealkylation sites (tertiary alicyclic amines) is 1. The number of piperidine rings is 1. The highest BCUT2D eigenvalue weighted by molar-refractivity contribution is 5.74. The molecule has 3 nitrogen and oxygen atoms in total. The van der Waals surface area contributed by atoms with Crippen molar-refractivity contribution >= 4 is 5.97 Å². The molecular weight excluding hydrogens is 226 g/mol. The Morgan fingerprint density at radius 1 is 1.39 bits per heavy atom. The maximum atomic E-state index is 11.4. The molecule has 1 saturated heterocycles. The van der Waals surface area contributed by atoms with Gasteiger partial charge < -0.3 is 10.0 Å². The second kappa shape index (κ2) is 6.05. The molecule has 0 spiro atoms. The van der Waals surface area contributed by atoms with Crippen molar-refractivity contribution in [2.45, 2.75) is 59.9 Å². The average molecular weight is 255 g/mol. The average Bonchev–Trinajstić information content (AvgIpc) is 2.28. The molecule has 1 aliphatic heterocycles. The third-order valence-corrected chi connectivity index (χ3v) is 4.46. The van der Waals surface area contributed by atoms with Gasteiger partial charge in [0.15, 0.2) is 0 Å². The summed E-state index contributed by atoms with van der Waals surface area (Å²) in [6, 6.07) is 0.567. The van der Waals surface area contributed by atoms with Crippen LogP contribution in [0.3, 0.4) is 0 Å². The Morgan fingerprint density at radius 2 is 2.00 bits per heavy atom. The van der Waals surface area contributed by atoms with Gasteiger partial charge in [-0.05, 0) is 58.4 Å². The summed E-state index contributed by atoms with van der Waals surface area (Å²) in [5.41, 5.74) is -0.601. The zero-order valence-corrected chi connectivity index (χ0v) is 12.6. The van der Waals surface area contributed by atoms with Crippen molar-refractivity contribution in [3.05, 3.63) is 0 Å². The predicted octanol–water partition coefficient (Wildman–Crippen LogP) is 3.24. The number of nitrogens with zero attached hydrogens (tertiary/aromatic N) is 1. The van der Waals surface area contributed by atoms with Crippen LogP contribution in [-0.4, -0.2) is 35.1 Å². The fourth-order valence-electron chi connectivity index (χ4n) is 3.00. The Bertz CT molecular complexity index is 286. The first kappa shape index (κ1) is 15.5. The summed E-state index contributed by atoms with van der Waals surface area (Å²) in [6.45, 7) is 12.6. The van der Waals surface area contributed by atoms with Gasteiger partial charge in [0, 0.05) is 12.6 Å². The summed E-state index contributed by atoms with van der Waals surface area (Å²) in [7, 11) is 0. The quantitative estimate of drug-likeness (QED) is 0.820. The molecule has 1 heterocycles. The molecular formula is C15H29NO2. The lowest BCUT2D eigenvalue weighted by Crippen LogP contribution is -2.47. The van der Waals surface area contributed by atoms with Crippen molar-refractivity contribution in [2.24, 2.45) is 17.3 Å². The van der Waals surface area contributed by atoms with Crippen LogP contribution in [0.2, 0.25) is 0 Å². The molecule has 106 valence electrons. The third-order valence-electron chi connectivity index (χ3n) is 4.46. The minimum absolute atomic E-state index is 0.276. The predicted molar refractivity (Wildman–Crippen MR) is 74.6 cm³/mol. The van der Waals surface area contributed by atoms with Gasteiger partial charge in [-0.15, -0.1) is 0 Å². The Balaban J connectivity index is 2.63. The van der Waals surface area contributed by atoms with E-state index >= 15 is 0 Å². The van der Waals surface area contributed by atoms with Gasteiger partial charge in [-0.2, -0.15) is 0 Å². The monoisotopic (exact) mass is 255 g/mol. The molecule has 1 N–H and O–H groups in total. The first-order valence-corrected chi connectivity index (χ1v) is 7.22. The molecule has 0 aromatic heterocycles.